The molecule has 0 bridgehead atoms. The number of hydrogen-bond acceptors (Lipinski definition) is 4. The van der Waals surface area contributed by atoms with Crippen LogP contribution in [-0.4, -0.2) is 47.5 Å². The van der Waals surface area contributed by atoms with E-state index in [4.69, 9.17) is 0 Å². The fourth-order valence-electron chi connectivity index (χ4n) is 5.09. The van der Waals surface area contributed by atoms with Crippen molar-refractivity contribution < 1.29 is 18.7 Å². The van der Waals surface area contributed by atoms with Crippen LogP contribution in [0.2, 0.25) is 0 Å². The Morgan fingerprint density at radius 3 is 2.68 bits per heavy atom. The molecule has 1 N–H and O–H groups in total. The number of halogens is 2. The van der Waals surface area contributed by atoms with Crippen LogP contribution >= 0.6 is 0 Å². The molecule has 2 aliphatic carbocycles. The van der Waals surface area contributed by atoms with Crippen molar-refractivity contribution in [3.8, 4) is 6.07 Å². The monoisotopic (exact) mass is 427 g/mol. The SMILES string of the molecule is C[N-]C1([C@@H]2CCN(c3c(F)cc4c(=O)c(C(=O)O)cn([C@@H]5C[C@@H]5F)c4c3C#N)C2)CC1. The highest BCUT2D eigenvalue weighted by Gasteiger charge is 2.44. The predicted molar refractivity (Wildman–Crippen MR) is 110 cm³/mol. The maximum atomic E-state index is 15.3. The van der Waals surface area contributed by atoms with E-state index in [2.05, 4.69) is 5.32 Å². The largest absolute Gasteiger partial charge is 0.659 e. The summed E-state index contributed by atoms with van der Waals surface area (Å²) in [4.78, 5) is 26.1. The summed E-state index contributed by atoms with van der Waals surface area (Å²) in [5.41, 5.74) is -1.37. The van der Waals surface area contributed by atoms with Crippen molar-refractivity contribution in [2.75, 3.05) is 25.0 Å². The Hall–Kier alpha value is -2.99. The van der Waals surface area contributed by atoms with Gasteiger partial charge in [-0.2, -0.15) is 12.3 Å². The minimum atomic E-state index is -1.47. The third kappa shape index (κ3) is 2.92. The van der Waals surface area contributed by atoms with E-state index in [0.29, 0.717) is 13.1 Å². The molecular formula is C22H21F2N4O3-. The first kappa shape index (κ1) is 19.9. The first-order valence-corrected chi connectivity index (χ1v) is 10.4. The smallest absolute Gasteiger partial charge is 0.341 e. The molecule has 5 rings (SSSR count). The molecule has 2 heterocycles. The van der Waals surface area contributed by atoms with Crippen LogP contribution in [0.4, 0.5) is 14.5 Å². The Balaban J connectivity index is 1.70. The highest BCUT2D eigenvalue weighted by molar-refractivity contribution is 5.96. The van der Waals surface area contributed by atoms with E-state index in [9.17, 15) is 24.3 Å². The predicted octanol–water partition coefficient (Wildman–Crippen LogP) is 3.36. The number of alkyl halides is 1. The highest BCUT2D eigenvalue weighted by atomic mass is 19.1. The minimum Gasteiger partial charge on any atom is -0.659 e. The second-order valence-corrected chi connectivity index (χ2v) is 8.75. The second-order valence-electron chi connectivity index (χ2n) is 8.75. The van der Waals surface area contributed by atoms with Crippen LogP contribution in [0.1, 0.15) is 47.6 Å². The van der Waals surface area contributed by atoms with E-state index in [1.807, 2.05) is 11.0 Å². The molecule has 1 saturated heterocycles. The number of nitriles is 1. The molecule has 2 saturated carbocycles. The summed E-state index contributed by atoms with van der Waals surface area (Å²) >= 11 is 0. The molecule has 1 aliphatic heterocycles. The minimum absolute atomic E-state index is 0.0536. The fraction of sp³-hybridized carbons (Fsp3) is 0.500. The lowest BCUT2D eigenvalue weighted by molar-refractivity contribution is 0.0694. The molecule has 9 heteroatoms. The van der Waals surface area contributed by atoms with E-state index >= 15 is 4.39 Å². The number of aromatic carboxylic acids is 1. The van der Waals surface area contributed by atoms with Crippen molar-refractivity contribution >= 4 is 22.6 Å². The zero-order chi connectivity index (χ0) is 22.1. The van der Waals surface area contributed by atoms with Crippen LogP contribution in [0.25, 0.3) is 16.2 Å². The number of hydrogen-bond donors (Lipinski definition) is 1. The van der Waals surface area contributed by atoms with Crippen molar-refractivity contribution in [3.05, 3.63) is 44.7 Å². The summed E-state index contributed by atoms with van der Waals surface area (Å²) in [6, 6.07) is 2.34. The van der Waals surface area contributed by atoms with Gasteiger partial charge in [0.1, 0.15) is 29.2 Å². The van der Waals surface area contributed by atoms with Gasteiger partial charge in [-0.15, -0.1) is 5.54 Å². The van der Waals surface area contributed by atoms with Gasteiger partial charge < -0.3 is 19.9 Å². The molecule has 7 nitrogen and oxygen atoms in total. The van der Waals surface area contributed by atoms with Crippen molar-refractivity contribution in [1.29, 1.82) is 5.26 Å². The molecule has 162 valence electrons. The molecule has 0 amide bonds. The summed E-state index contributed by atoms with van der Waals surface area (Å²) in [5, 5.41) is 23.7. The summed E-state index contributed by atoms with van der Waals surface area (Å²) in [6.07, 6.45) is 2.86. The average Bonchev–Trinajstić information content (AvgIpc) is 3.64. The number of pyridine rings is 1. The van der Waals surface area contributed by atoms with Crippen molar-refractivity contribution in [2.24, 2.45) is 5.92 Å². The number of fused-ring (bicyclic) bond motifs is 1. The fourth-order valence-corrected chi connectivity index (χ4v) is 5.09. The molecule has 31 heavy (non-hydrogen) atoms. The molecular weight excluding hydrogens is 406 g/mol. The van der Waals surface area contributed by atoms with Crippen LogP contribution in [-0.2, 0) is 0 Å². The molecule has 1 aromatic heterocycles. The lowest BCUT2D eigenvalue weighted by Gasteiger charge is -2.34. The number of aromatic nitrogens is 1. The Bertz CT molecular complexity index is 1210. The summed E-state index contributed by atoms with van der Waals surface area (Å²) < 4.78 is 30.6. The standard InChI is InChI=1S/C22H21F2N4O3/c1-26-22(3-4-22)11-2-5-27(9-11)19-13(8-25)18-12(6-16(19)24)20(29)14(21(30)31)10-28(18)17-7-15(17)23/h6,10-11,15,17H,2-5,7,9H2,1H3,(H,30,31)/q-1/t11-,15+,17-/m1/s1. The summed E-state index contributed by atoms with van der Waals surface area (Å²) in [7, 11) is 1.80. The van der Waals surface area contributed by atoms with Crippen LogP contribution < -0.4 is 10.3 Å². The maximum absolute atomic E-state index is 15.3. The molecule has 2 aromatic rings. The third-order valence-electron chi connectivity index (χ3n) is 7.09. The molecule has 3 atom stereocenters. The van der Waals surface area contributed by atoms with Crippen molar-refractivity contribution in [3.63, 3.8) is 0 Å². The van der Waals surface area contributed by atoms with Gasteiger partial charge in [-0.25, -0.2) is 13.6 Å². The number of anilines is 1. The van der Waals surface area contributed by atoms with Gasteiger partial charge in [0, 0.05) is 25.7 Å². The van der Waals surface area contributed by atoms with E-state index in [1.54, 1.807) is 7.05 Å². The lowest BCUT2D eigenvalue weighted by Crippen LogP contribution is -2.28. The second kappa shape index (κ2) is 6.76. The van der Waals surface area contributed by atoms with Crippen molar-refractivity contribution in [2.45, 2.75) is 43.4 Å². The van der Waals surface area contributed by atoms with E-state index in [-0.39, 0.29) is 40.0 Å². The maximum Gasteiger partial charge on any atom is 0.341 e. The van der Waals surface area contributed by atoms with Gasteiger partial charge in [-0.05, 0) is 18.4 Å². The van der Waals surface area contributed by atoms with E-state index in [0.717, 1.165) is 31.5 Å². The zero-order valence-corrected chi connectivity index (χ0v) is 16.9. The Morgan fingerprint density at radius 2 is 2.13 bits per heavy atom. The number of nitrogens with zero attached hydrogens (tertiary/aromatic N) is 4. The van der Waals surface area contributed by atoms with Crippen molar-refractivity contribution in [1.82, 2.24) is 4.57 Å². The van der Waals surface area contributed by atoms with Crippen LogP contribution in [0.5, 0.6) is 0 Å². The number of carbonyl (C=O) groups is 1. The first-order chi connectivity index (χ1) is 14.8. The number of carboxylic acid groups (broad SMARTS) is 1. The van der Waals surface area contributed by atoms with Crippen LogP contribution in [0.3, 0.4) is 0 Å². The van der Waals surface area contributed by atoms with Crippen LogP contribution in [0.15, 0.2) is 17.1 Å². The Kier molecular flexibility index (Phi) is 4.35. The molecule has 0 spiro atoms. The normalized spacial score (nSPS) is 26.1. The highest BCUT2D eigenvalue weighted by Crippen LogP contribution is 2.52. The first-order valence-electron chi connectivity index (χ1n) is 10.4. The summed E-state index contributed by atoms with van der Waals surface area (Å²) in [5.74, 6) is -1.96. The van der Waals surface area contributed by atoms with E-state index < -0.39 is 35.0 Å². The lowest BCUT2D eigenvalue weighted by atomic mass is 9.96. The van der Waals surface area contributed by atoms with Gasteiger partial charge in [0.2, 0.25) is 5.43 Å². The average molecular weight is 427 g/mol. The molecule has 3 aliphatic rings. The Labute approximate surface area is 176 Å². The third-order valence-corrected chi connectivity index (χ3v) is 7.09. The molecule has 3 fully saturated rings. The van der Waals surface area contributed by atoms with Crippen LogP contribution in [0, 0.1) is 23.1 Å². The van der Waals surface area contributed by atoms with Gasteiger partial charge in [0.25, 0.3) is 0 Å². The molecule has 1 aromatic carbocycles. The number of benzene rings is 1. The molecule has 0 radical (unpaired) electrons. The van der Waals surface area contributed by atoms with Gasteiger partial charge >= 0.3 is 5.97 Å². The quantitative estimate of drug-likeness (QED) is 0.789. The zero-order valence-electron chi connectivity index (χ0n) is 16.9. The number of rotatable bonds is 5. The van der Waals surface area contributed by atoms with Gasteiger partial charge in [-0.3, -0.25) is 4.79 Å². The van der Waals surface area contributed by atoms with Gasteiger partial charge in [0.05, 0.1) is 22.6 Å². The topological polar surface area (TPSA) is 100 Å². The van der Waals surface area contributed by atoms with Gasteiger partial charge in [-0.1, -0.05) is 12.8 Å². The molecule has 0 unspecified atom stereocenters. The van der Waals surface area contributed by atoms with E-state index in [1.165, 1.54) is 4.57 Å². The summed E-state index contributed by atoms with van der Waals surface area (Å²) in [6.45, 7) is 1.09. The number of carboxylic acids is 1. The van der Waals surface area contributed by atoms with Gasteiger partial charge in [0.15, 0.2) is 0 Å². The Morgan fingerprint density at radius 1 is 1.42 bits per heavy atom.